The number of carbonyl (C=O) groups excluding carboxylic acids is 1. The van der Waals surface area contributed by atoms with Crippen LogP contribution >= 0.6 is 0 Å². The van der Waals surface area contributed by atoms with E-state index < -0.39 is 0 Å². The lowest BCUT2D eigenvalue weighted by molar-refractivity contribution is 0.0526. The van der Waals surface area contributed by atoms with E-state index in [1.165, 1.54) is 6.20 Å². The summed E-state index contributed by atoms with van der Waals surface area (Å²) in [5.41, 5.74) is 1.22. The molecule has 2 N–H and O–H groups in total. The van der Waals surface area contributed by atoms with Gasteiger partial charge in [-0.05, 0) is 43.3 Å². The largest absolute Gasteiger partial charge is 0.467 e. The first-order valence-corrected chi connectivity index (χ1v) is 7.75. The minimum absolute atomic E-state index is 0.341. The highest BCUT2D eigenvalue weighted by molar-refractivity contribution is 5.89. The van der Waals surface area contributed by atoms with E-state index >= 15 is 0 Å². The third-order valence-corrected chi connectivity index (χ3v) is 3.23. The molecular weight excluding hydrogens is 322 g/mol. The Hall–Kier alpha value is -3.42. The summed E-state index contributed by atoms with van der Waals surface area (Å²) in [7, 11) is 0. The number of anilines is 3. The first-order chi connectivity index (χ1) is 12.2. The lowest BCUT2D eigenvalue weighted by atomic mass is 10.2. The Balaban J connectivity index is 1.62. The van der Waals surface area contributed by atoms with Crippen molar-refractivity contribution in [1.82, 2.24) is 15.2 Å². The Morgan fingerprint density at radius 1 is 1.24 bits per heavy atom. The summed E-state index contributed by atoms with van der Waals surface area (Å²) in [5.74, 6) is 1.35. The molecule has 8 nitrogen and oxygen atoms in total. The van der Waals surface area contributed by atoms with E-state index in [0.717, 1.165) is 11.4 Å². The highest BCUT2D eigenvalue weighted by Crippen LogP contribution is 2.15. The van der Waals surface area contributed by atoms with E-state index in [1.807, 2.05) is 12.1 Å². The molecule has 25 heavy (non-hydrogen) atoms. The smallest absolute Gasteiger partial charge is 0.338 e. The number of esters is 1. The second kappa shape index (κ2) is 7.91. The number of aromatic nitrogens is 3. The molecule has 128 valence electrons. The Morgan fingerprint density at radius 3 is 2.80 bits per heavy atom. The predicted molar refractivity (Wildman–Crippen MR) is 91.5 cm³/mol. The van der Waals surface area contributed by atoms with Crippen LogP contribution in [0.25, 0.3) is 0 Å². The molecule has 2 aromatic heterocycles. The fourth-order valence-corrected chi connectivity index (χ4v) is 2.07. The van der Waals surface area contributed by atoms with Crippen LogP contribution in [0.4, 0.5) is 17.5 Å². The number of rotatable bonds is 7. The van der Waals surface area contributed by atoms with Gasteiger partial charge in [0.2, 0.25) is 5.95 Å². The zero-order chi connectivity index (χ0) is 17.5. The van der Waals surface area contributed by atoms with Gasteiger partial charge in [0.15, 0.2) is 5.82 Å². The highest BCUT2D eigenvalue weighted by atomic mass is 16.5. The molecule has 0 aliphatic heterocycles. The van der Waals surface area contributed by atoms with Gasteiger partial charge >= 0.3 is 5.97 Å². The van der Waals surface area contributed by atoms with Crippen LogP contribution < -0.4 is 10.6 Å². The van der Waals surface area contributed by atoms with Gasteiger partial charge in [-0.3, -0.25) is 0 Å². The fraction of sp³-hybridized carbons (Fsp3) is 0.176. The maximum Gasteiger partial charge on any atom is 0.338 e. The summed E-state index contributed by atoms with van der Waals surface area (Å²) in [6.45, 7) is 2.61. The molecule has 0 spiro atoms. The number of nitrogens with one attached hydrogen (secondary N) is 2. The van der Waals surface area contributed by atoms with E-state index in [4.69, 9.17) is 9.15 Å². The average molecular weight is 339 g/mol. The van der Waals surface area contributed by atoms with E-state index in [2.05, 4.69) is 25.8 Å². The van der Waals surface area contributed by atoms with Gasteiger partial charge in [0.1, 0.15) is 5.76 Å². The molecule has 8 heteroatoms. The normalized spacial score (nSPS) is 10.3. The van der Waals surface area contributed by atoms with Crippen molar-refractivity contribution in [2.24, 2.45) is 0 Å². The van der Waals surface area contributed by atoms with Crippen molar-refractivity contribution in [3.63, 3.8) is 0 Å². The SMILES string of the molecule is CCOC(=O)c1ccc(Nc2nncc(NCc3ccco3)n2)cc1. The van der Waals surface area contributed by atoms with Crippen molar-refractivity contribution < 1.29 is 13.9 Å². The van der Waals surface area contributed by atoms with Crippen molar-refractivity contribution >= 4 is 23.4 Å². The Labute approximate surface area is 144 Å². The first-order valence-electron chi connectivity index (χ1n) is 7.75. The minimum atomic E-state index is -0.351. The monoisotopic (exact) mass is 339 g/mol. The van der Waals surface area contributed by atoms with Gasteiger partial charge in [-0.15, -0.1) is 5.10 Å². The van der Waals surface area contributed by atoms with Gasteiger partial charge in [-0.1, -0.05) is 0 Å². The lowest BCUT2D eigenvalue weighted by Gasteiger charge is -2.07. The summed E-state index contributed by atoms with van der Waals surface area (Å²) in [5, 5.41) is 14.0. The quantitative estimate of drug-likeness (QED) is 0.633. The third-order valence-electron chi connectivity index (χ3n) is 3.23. The Bertz CT molecular complexity index is 819. The van der Waals surface area contributed by atoms with Crippen molar-refractivity contribution in [3.05, 3.63) is 60.2 Å². The van der Waals surface area contributed by atoms with Gasteiger partial charge in [0.05, 0.1) is 31.2 Å². The van der Waals surface area contributed by atoms with E-state index in [1.54, 1.807) is 37.5 Å². The molecule has 1 aromatic carbocycles. The number of hydrogen-bond donors (Lipinski definition) is 2. The molecule has 0 aliphatic carbocycles. The average Bonchev–Trinajstić information content (AvgIpc) is 3.15. The van der Waals surface area contributed by atoms with Gasteiger partial charge in [0, 0.05) is 5.69 Å². The van der Waals surface area contributed by atoms with Crippen LogP contribution in [0.2, 0.25) is 0 Å². The predicted octanol–water partition coefficient (Wildman–Crippen LogP) is 3.00. The van der Waals surface area contributed by atoms with Crippen LogP contribution in [0.3, 0.4) is 0 Å². The van der Waals surface area contributed by atoms with Crippen LogP contribution in [0, 0.1) is 0 Å². The summed E-state index contributed by atoms with van der Waals surface area (Å²) < 4.78 is 10.2. The number of furan rings is 1. The van der Waals surface area contributed by atoms with E-state index in [-0.39, 0.29) is 5.97 Å². The summed E-state index contributed by atoms with van der Waals surface area (Å²) in [6.07, 6.45) is 3.14. The molecule has 0 atom stereocenters. The maximum absolute atomic E-state index is 11.6. The third kappa shape index (κ3) is 4.54. The molecule has 0 saturated carbocycles. The zero-order valence-electron chi connectivity index (χ0n) is 13.6. The number of hydrogen-bond acceptors (Lipinski definition) is 8. The molecule has 0 amide bonds. The first kappa shape index (κ1) is 16.4. The number of carbonyl (C=O) groups is 1. The molecule has 0 bridgehead atoms. The summed E-state index contributed by atoms with van der Waals surface area (Å²) in [4.78, 5) is 16.0. The van der Waals surface area contributed by atoms with Crippen LogP contribution in [0.15, 0.2) is 53.3 Å². The van der Waals surface area contributed by atoms with Crippen molar-refractivity contribution in [2.75, 3.05) is 17.2 Å². The molecule has 0 fully saturated rings. The van der Waals surface area contributed by atoms with Gasteiger partial charge in [0.25, 0.3) is 0 Å². The van der Waals surface area contributed by atoms with Crippen molar-refractivity contribution in [1.29, 1.82) is 0 Å². The van der Waals surface area contributed by atoms with E-state index in [0.29, 0.717) is 30.5 Å². The molecule has 0 radical (unpaired) electrons. The zero-order valence-corrected chi connectivity index (χ0v) is 13.6. The second-order valence-corrected chi connectivity index (χ2v) is 5.02. The Morgan fingerprint density at radius 2 is 2.08 bits per heavy atom. The second-order valence-electron chi connectivity index (χ2n) is 5.02. The van der Waals surface area contributed by atoms with Gasteiger partial charge in [-0.2, -0.15) is 10.1 Å². The lowest BCUT2D eigenvalue weighted by Crippen LogP contribution is -2.06. The number of nitrogens with zero attached hydrogens (tertiary/aromatic N) is 3. The molecule has 0 aliphatic rings. The topological polar surface area (TPSA) is 102 Å². The molecule has 2 heterocycles. The van der Waals surface area contributed by atoms with E-state index in [9.17, 15) is 4.79 Å². The standard InChI is InChI=1S/C17H17N5O3/c1-2-24-16(23)12-5-7-13(8-6-12)20-17-21-15(11-19-22-17)18-10-14-4-3-9-25-14/h3-9,11H,2,10H2,1H3,(H2,18,20,21,22). The molecule has 3 rings (SSSR count). The Kier molecular flexibility index (Phi) is 5.20. The van der Waals surface area contributed by atoms with Gasteiger partial charge in [-0.25, -0.2) is 4.79 Å². The summed E-state index contributed by atoms with van der Waals surface area (Å²) >= 11 is 0. The highest BCUT2D eigenvalue weighted by Gasteiger charge is 2.07. The number of benzene rings is 1. The number of ether oxygens (including phenoxy) is 1. The molecular formula is C17H17N5O3. The maximum atomic E-state index is 11.6. The van der Waals surface area contributed by atoms with Crippen molar-refractivity contribution in [2.45, 2.75) is 13.5 Å². The molecule has 0 saturated heterocycles. The van der Waals surface area contributed by atoms with Crippen LogP contribution in [0.1, 0.15) is 23.0 Å². The minimum Gasteiger partial charge on any atom is -0.467 e. The van der Waals surface area contributed by atoms with Crippen LogP contribution in [0.5, 0.6) is 0 Å². The van der Waals surface area contributed by atoms with Crippen LogP contribution in [-0.4, -0.2) is 27.8 Å². The fourth-order valence-electron chi connectivity index (χ4n) is 2.07. The summed E-state index contributed by atoms with van der Waals surface area (Å²) in [6, 6.07) is 10.5. The van der Waals surface area contributed by atoms with Gasteiger partial charge < -0.3 is 19.8 Å². The van der Waals surface area contributed by atoms with Crippen molar-refractivity contribution in [3.8, 4) is 0 Å². The van der Waals surface area contributed by atoms with Crippen LogP contribution in [-0.2, 0) is 11.3 Å². The molecule has 0 unspecified atom stereocenters. The molecule has 3 aromatic rings.